The predicted molar refractivity (Wildman–Crippen MR) is 57.6 cm³/mol. The van der Waals surface area contributed by atoms with Crippen molar-refractivity contribution in [3.05, 3.63) is 34.3 Å². The summed E-state index contributed by atoms with van der Waals surface area (Å²) in [7, 11) is 1.88. The average Bonchev–Trinajstić information content (AvgIpc) is 2.15. The minimum absolute atomic E-state index is 0.361. The summed E-state index contributed by atoms with van der Waals surface area (Å²) in [5.74, 6) is 0. The number of rotatable bonds is 4. The molecule has 1 aromatic rings. The van der Waals surface area contributed by atoms with E-state index < -0.39 is 0 Å². The zero-order valence-corrected chi connectivity index (χ0v) is 9.21. The molecule has 72 valence electrons. The normalized spacial score (nSPS) is 12.8. The Morgan fingerprint density at radius 1 is 1.38 bits per heavy atom. The monoisotopic (exact) mass is 243 g/mol. The van der Waals surface area contributed by atoms with Crippen molar-refractivity contribution in [1.29, 1.82) is 0 Å². The van der Waals surface area contributed by atoms with Gasteiger partial charge in [0.1, 0.15) is 0 Å². The molecule has 0 amide bonds. The molecule has 0 aliphatic rings. The highest BCUT2D eigenvalue weighted by molar-refractivity contribution is 9.10. The molecule has 1 atom stereocenters. The molecule has 0 heterocycles. The van der Waals surface area contributed by atoms with Crippen LogP contribution in [0, 0.1) is 0 Å². The number of halogens is 1. The van der Waals surface area contributed by atoms with Gasteiger partial charge in [0.05, 0.1) is 6.10 Å². The first-order chi connectivity index (χ1) is 6.24. The van der Waals surface area contributed by atoms with E-state index in [0.717, 1.165) is 23.0 Å². The maximum Gasteiger partial charge on any atom is 0.0802 e. The average molecular weight is 244 g/mol. The van der Waals surface area contributed by atoms with Crippen molar-refractivity contribution in [1.82, 2.24) is 5.32 Å². The van der Waals surface area contributed by atoms with Crippen molar-refractivity contribution in [2.45, 2.75) is 12.5 Å². The highest BCUT2D eigenvalue weighted by Gasteiger charge is 2.05. The van der Waals surface area contributed by atoms with E-state index in [-0.39, 0.29) is 6.10 Å². The number of hydrogen-bond donors (Lipinski definition) is 2. The zero-order chi connectivity index (χ0) is 9.68. The Labute approximate surface area is 87.1 Å². The standard InChI is InChI=1S/C10H14BrNO/c1-12-7-6-10(13)8-2-4-9(11)5-3-8/h2-5,10,12-13H,6-7H2,1H3/t10-/m0/s1. The maximum absolute atomic E-state index is 9.69. The number of hydrogen-bond acceptors (Lipinski definition) is 2. The number of nitrogens with one attached hydrogen (secondary N) is 1. The second-order valence-electron chi connectivity index (χ2n) is 2.96. The molecule has 2 N–H and O–H groups in total. The lowest BCUT2D eigenvalue weighted by Gasteiger charge is -2.10. The highest BCUT2D eigenvalue weighted by Crippen LogP contribution is 2.18. The van der Waals surface area contributed by atoms with Gasteiger partial charge in [0.15, 0.2) is 0 Å². The molecule has 0 spiro atoms. The minimum Gasteiger partial charge on any atom is -0.388 e. The van der Waals surface area contributed by atoms with E-state index in [1.54, 1.807) is 0 Å². The molecule has 1 rings (SSSR count). The van der Waals surface area contributed by atoms with Crippen molar-refractivity contribution < 1.29 is 5.11 Å². The Hall–Kier alpha value is -0.380. The molecular weight excluding hydrogens is 230 g/mol. The lowest BCUT2D eigenvalue weighted by Crippen LogP contribution is -2.11. The van der Waals surface area contributed by atoms with E-state index in [9.17, 15) is 5.11 Å². The number of aliphatic hydroxyl groups is 1. The van der Waals surface area contributed by atoms with Gasteiger partial charge in [-0.2, -0.15) is 0 Å². The van der Waals surface area contributed by atoms with E-state index in [1.807, 2.05) is 31.3 Å². The molecule has 0 unspecified atom stereocenters. The van der Waals surface area contributed by atoms with Crippen LogP contribution in [0.25, 0.3) is 0 Å². The molecule has 2 nitrogen and oxygen atoms in total. The van der Waals surface area contributed by atoms with Crippen LogP contribution in [-0.2, 0) is 0 Å². The quantitative estimate of drug-likeness (QED) is 0.850. The van der Waals surface area contributed by atoms with Gasteiger partial charge in [0.25, 0.3) is 0 Å². The molecule has 0 bridgehead atoms. The molecule has 0 aromatic heterocycles. The summed E-state index contributed by atoms with van der Waals surface area (Å²) < 4.78 is 1.04. The fourth-order valence-corrected chi connectivity index (χ4v) is 1.40. The number of benzene rings is 1. The summed E-state index contributed by atoms with van der Waals surface area (Å²) in [5, 5.41) is 12.7. The van der Waals surface area contributed by atoms with Crippen LogP contribution in [0.15, 0.2) is 28.7 Å². The Balaban J connectivity index is 2.55. The van der Waals surface area contributed by atoms with E-state index in [0.29, 0.717) is 0 Å². The molecule has 0 aliphatic carbocycles. The first-order valence-corrected chi connectivity index (χ1v) is 5.11. The van der Waals surface area contributed by atoms with Crippen LogP contribution in [0.4, 0.5) is 0 Å². The van der Waals surface area contributed by atoms with Crippen LogP contribution in [0.1, 0.15) is 18.1 Å². The van der Waals surface area contributed by atoms with Crippen LogP contribution < -0.4 is 5.32 Å². The third kappa shape index (κ3) is 3.46. The van der Waals surface area contributed by atoms with Gasteiger partial charge in [-0.05, 0) is 37.7 Å². The number of aliphatic hydroxyl groups excluding tert-OH is 1. The topological polar surface area (TPSA) is 32.3 Å². The first-order valence-electron chi connectivity index (χ1n) is 4.32. The van der Waals surface area contributed by atoms with Crippen LogP contribution in [0.5, 0.6) is 0 Å². The third-order valence-electron chi connectivity index (χ3n) is 1.92. The summed E-state index contributed by atoms with van der Waals surface area (Å²) in [4.78, 5) is 0. The maximum atomic E-state index is 9.69. The van der Waals surface area contributed by atoms with Crippen molar-refractivity contribution in [2.75, 3.05) is 13.6 Å². The first kappa shape index (κ1) is 10.7. The third-order valence-corrected chi connectivity index (χ3v) is 2.45. The molecule has 0 saturated carbocycles. The molecule has 3 heteroatoms. The van der Waals surface area contributed by atoms with Crippen LogP contribution in [0.2, 0.25) is 0 Å². The summed E-state index contributed by atoms with van der Waals surface area (Å²) in [5.41, 5.74) is 0.971. The highest BCUT2D eigenvalue weighted by atomic mass is 79.9. The summed E-state index contributed by atoms with van der Waals surface area (Å²) >= 11 is 3.35. The Morgan fingerprint density at radius 3 is 2.54 bits per heavy atom. The largest absolute Gasteiger partial charge is 0.388 e. The second-order valence-corrected chi connectivity index (χ2v) is 3.88. The van der Waals surface area contributed by atoms with Crippen LogP contribution >= 0.6 is 15.9 Å². The lowest BCUT2D eigenvalue weighted by atomic mass is 10.1. The summed E-state index contributed by atoms with van der Waals surface area (Å²) in [6.45, 7) is 0.831. The predicted octanol–water partition coefficient (Wildman–Crippen LogP) is 2.09. The molecule has 0 saturated heterocycles. The van der Waals surface area contributed by atoms with Gasteiger partial charge in [-0.15, -0.1) is 0 Å². The van der Waals surface area contributed by atoms with E-state index in [4.69, 9.17) is 0 Å². The van der Waals surface area contributed by atoms with E-state index >= 15 is 0 Å². The van der Waals surface area contributed by atoms with Gasteiger partial charge in [-0.1, -0.05) is 28.1 Å². The smallest absolute Gasteiger partial charge is 0.0802 e. The van der Waals surface area contributed by atoms with Crippen LogP contribution in [0.3, 0.4) is 0 Å². The fraction of sp³-hybridized carbons (Fsp3) is 0.400. The zero-order valence-electron chi connectivity index (χ0n) is 7.63. The molecular formula is C10H14BrNO. The summed E-state index contributed by atoms with van der Waals surface area (Å²) in [6, 6.07) is 7.75. The van der Waals surface area contributed by atoms with E-state index in [2.05, 4.69) is 21.2 Å². The second kappa shape index (κ2) is 5.37. The van der Waals surface area contributed by atoms with Gasteiger partial charge < -0.3 is 10.4 Å². The van der Waals surface area contributed by atoms with Crippen molar-refractivity contribution in [2.24, 2.45) is 0 Å². The van der Waals surface area contributed by atoms with Crippen molar-refractivity contribution in [3.63, 3.8) is 0 Å². The van der Waals surface area contributed by atoms with E-state index in [1.165, 1.54) is 0 Å². The molecule has 13 heavy (non-hydrogen) atoms. The van der Waals surface area contributed by atoms with Gasteiger partial charge in [-0.25, -0.2) is 0 Å². The SMILES string of the molecule is CNCC[C@H](O)c1ccc(Br)cc1. The van der Waals surface area contributed by atoms with Gasteiger partial charge >= 0.3 is 0 Å². The Morgan fingerprint density at radius 2 is 2.00 bits per heavy atom. The van der Waals surface area contributed by atoms with Crippen LogP contribution in [-0.4, -0.2) is 18.7 Å². The van der Waals surface area contributed by atoms with Gasteiger partial charge in [-0.3, -0.25) is 0 Å². The molecule has 1 aromatic carbocycles. The fourth-order valence-electron chi connectivity index (χ4n) is 1.13. The molecule has 0 aliphatic heterocycles. The van der Waals surface area contributed by atoms with Gasteiger partial charge in [0, 0.05) is 4.47 Å². The Kier molecular flexibility index (Phi) is 4.42. The Bertz CT molecular complexity index is 248. The minimum atomic E-state index is -0.361. The molecule has 0 radical (unpaired) electrons. The summed E-state index contributed by atoms with van der Waals surface area (Å²) in [6.07, 6.45) is 0.388. The van der Waals surface area contributed by atoms with Crippen molar-refractivity contribution >= 4 is 15.9 Å². The van der Waals surface area contributed by atoms with Crippen molar-refractivity contribution in [3.8, 4) is 0 Å². The lowest BCUT2D eigenvalue weighted by molar-refractivity contribution is 0.167. The molecule has 0 fully saturated rings. The van der Waals surface area contributed by atoms with Gasteiger partial charge in [0.2, 0.25) is 0 Å².